The lowest BCUT2D eigenvalue weighted by atomic mass is 10.0. The number of sulfone groups is 1. The van der Waals surface area contributed by atoms with Crippen molar-refractivity contribution < 1.29 is 17.9 Å². The maximum atomic E-state index is 12.4. The first-order chi connectivity index (χ1) is 10.1. The fourth-order valence-electron chi connectivity index (χ4n) is 3.43. The molecular formula is C15H26N2O4S. The largest absolute Gasteiger partial charge is 0.444 e. The minimum Gasteiger partial charge on any atom is -0.444 e. The topological polar surface area (TPSA) is 66.9 Å². The molecular weight excluding hydrogens is 304 g/mol. The van der Waals surface area contributed by atoms with E-state index in [1.807, 2.05) is 20.8 Å². The molecule has 22 heavy (non-hydrogen) atoms. The lowest BCUT2D eigenvalue weighted by Crippen LogP contribution is -2.61. The highest BCUT2D eigenvalue weighted by Crippen LogP contribution is 2.34. The third-order valence-corrected chi connectivity index (χ3v) is 6.31. The summed E-state index contributed by atoms with van der Waals surface area (Å²) >= 11 is 0. The Bertz CT molecular complexity index is 550. The molecule has 0 radical (unpaired) electrons. The molecule has 7 heteroatoms. The third kappa shape index (κ3) is 3.56. The number of carbonyl (C=O) groups excluding carboxylic acids is 1. The molecule has 0 aromatic heterocycles. The van der Waals surface area contributed by atoms with Crippen LogP contribution in [0.1, 0.15) is 33.6 Å². The van der Waals surface area contributed by atoms with E-state index in [9.17, 15) is 13.2 Å². The van der Waals surface area contributed by atoms with Crippen LogP contribution in [0.15, 0.2) is 0 Å². The predicted octanol–water partition coefficient (Wildman–Crippen LogP) is 1.11. The number of piperazine rings is 1. The Morgan fingerprint density at radius 2 is 1.77 bits per heavy atom. The molecule has 0 unspecified atom stereocenters. The molecule has 3 aliphatic rings. The average molecular weight is 330 g/mol. The van der Waals surface area contributed by atoms with Gasteiger partial charge in [-0.05, 0) is 39.5 Å². The highest BCUT2D eigenvalue weighted by molar-refractivity contribution is 7.91. The minimum absolute atomic E-state index is 0.0631. The van der Waals surface area contributed by atoms with Crippen LogP contribution in [0.4, 0.5) is 4.79 Å². The van der Waals surface area contributed by atoms with E-state index in [0.717, 1.165) is 19.0 Å². The van der Waals surface area contributed by atoms with Crippen LogP contribution < -0.4 is 0 Å². The van der Waals surface area contributed by atoms with E-state index in [1.165, 1.54) is 12.8 Å². The zero-order valence-electron chi connectivity index (χ0n) is 13.6. The minimum atomic E-state index is -3.08. The molecule has 2 saturated heterocycles. The van der Waals surface area contributed by atoms with Crippen LogP contribution in [0.2, 0.25) is 0 Å². The smallest absolute Gasteiger partial charge is 0.410 e. The number of hydrogen-bond donors (Lipinski definition) is 0. The predicted molar refractivity (Wildman–Crippen MR) is 83.5 cm³/mol. The molecule has 0 spiro atoms. The van der Waals surface area contributed by atoms with Crippen molar-refractivity contribution in [2.24, 2.45) is 5.92 Å². The molecule has 126 valence electrons. The summed E-state index contributed by atoms with van der Waals surface area (Å²) in [6.45, 7) is 7.76. The Morgan fingerprint density at radius 1 is 1.14 bits per heavy atom. The number of carbonyl (C=O) groups is 1. The van der Waals surface area contributed by atoms with Gasteiger partial charge in [0.25, 0.3) is 0 Å². The van der Waals surface area contributed by atoms with Crippen molar-refractivity contribution in [3.8, 4) is 0 Å². The van der Waals surface area contributed by atoms with Crippen LogP contribution >= 0.6 is 0 Å². The number of hydrogen-bond acceptors (Lipinski definition) is 5. The first-order valence-corrected chi connectivity index (χ1v) is 9.91. The highest BCUT2D eigenvalue weighted by atomic mass is 32.2. The Kier molecular flexibility index (Phi) is 3.92. The monoisotopic (exact) mass is 330 g/mol. The van der Waals surface area contributed by atoms with Gasteiger partial charge in [-0.15, -0.1) is 0 Å². The van der Waals surface area contributed by atoms with Crippen molar-refractivity contribution in [1.29, 1.82) is 0 Å². The van der Waals surface area contributed by atoms with E-state index in [0.29, 0.717) is 6.54 Å². The van der Waals surface area contributed by atoms with Gasteiger partial charge in [-0.25, -0.2) is 13.2 Å². The summed E-state index contributed by atoms with van der Waals surface area (Å²) in [4.78, 5) is 16.3. The number of rotatable bonds is 2. The van der Waals surface area contributed by atoms with Crippen LogP contribution in [0.5, 0.6) is 0 Å². The van der Waals surface area contributed by atoms with Gasteiger partial charge >= 0.3 is 6.09 Å². The van der Waals surface area contributed by atoms with Crippen molar-refractivity contribution in [2.75, 3.05) is 31.1 Å². The van der Waals surface area contributed by atoms with E-state index in [-0.39, 0.29) is 29.7 Å². The van der Waals surface area contributed by atoms with Gasteiger partial charge in [-0.1, -0.05) is 0 Å². The van der Waals surface area contributed by atoms with Gasteiger partial charge in [0.1, 0.15) is 5.60 Å². The molecule has 1 aliphatic carbocycles. The lowest BCUT2D eigenvalue weighted by molar-refractivity contribution is -0.00968. The molecule has 0 bridgehead atoms. The Labute approximate surface area is 132 Å². The van der Waals surface area contributed by atoms with Crippen molar-refractivity contribution in [2.45, 2.75) is 51.3 Å². The quantitative estimate of drug-likeness (QED) is 0.759. The molecule has 1 amide bonds. The zero-order valence-corrected chi connectivity index (χ0v) is 14.4. The third-order valence-electron chi connectivity index (χ3n) is 4.61. The molecule has 2 aliphatic heterocycles. The fourth-order valence-corrected chi connectivity index (χ4v) is 5.44. The molecule has 0 N–H and O–H groups in total. The molecule has 3 rings (SSSR count). The molecule has 2 heterocycles. The normalized spacial score (nSPS) is 31.9. The Hall–Kier alpha value is -0.820. The van der Waals surface area contributed by atoms with Gasteiger partial charge in [0.2, 0.25) is 0 Å². The molecule has 6 nitrogen and oxygen atoms in total. The summed E-state index contributed by atoms with van der Waals surface area (Å²) in [7, 11) is -3.08. The summed E-state index contributed by atoms with van der Waals surface area (Å²) in [5.41, 5.74) is -0.560. The summed E-state index contributed by atoms with van der Waals surface area (Å²) < 4.78 is 29.6. The second-order valence-electron chi connectivity index (χ2n) is 7.82. The van der Waals surface area contributed by atoms with E-state index in [2.05, 4.69) is 4.90 Å². The summed E-state index contributed by atoms with van der Waals surface area (Å²) in [6.07, 6.45) is 2.11. The van der Waals surface area contributed by atoms with E-state index >= 15 is 0 Å². The van der Waals surface area contributed by atoms with E-state index in [1.54, 1.807) is 4.90 Å². The lowest BCUT2D eigenvalue weighted by Gasteiger charge is -2.44. The maximum absolute atomic E-state index is 12.4. The van der Waals surface area contributed by atoms with Crippen molar-refractivity contribution in [1.82, 2.24) is 9.80 Å². The van der Waals surface area contributed by atoms with Gasteiger partial charge < -0.3 is 9.64 Å². The highest BCUT2D eigenvalue weighted by Gasteiger charge is 2.49. The number of ether oxygens (including phenoxy) is 1. The molecule has 3 fully saturated rings. The van der Waals surface area contributed by atoms with Crippen LogP contribution in [0, 0.1) is 5.92 Å². The molecule has 2 atom stereocenters. The SMILES string of the molecule is CC(C)(C)OC(=O)N1CCN(CC2CC2)[C@@H]2CS(=O)(=O)C[C@H]21. The second-order valence-corrected chi connectivity index (χ2v) is 9.98. The molecule has 0 aromatic carbocycles. The van der Waals surface area contributed by atoms with Gasteiger partial charge in [0.05, 0.1) is 17.5 Å². The second kappa shape index (κ2) is 5.37. The summed E-state index contributed by atoms with van der Waals surface area (Å²) in [6, 6.07) is -0.320. The van der Waals surface area contributed by atoms with Crippen LogP contribution in [0.25, 0.3) is 0 Å². The number of fused-ring (bicyclic) bond motifs is 1. The fraction of sp³-hybridized carbons (Fsp3) is 0.933. The summed E-state index contributed by atoms with van der Waals surface area (Å²) in [5, 5.41) is 0. The summed E-state index contributed by atoms with van der Waals surface area (Å²) in [5.74, 6) is 0.957. The van der Waals surface area contributed by atoms with Gasteiger partial charge in [0.15, 0.2) is 9.84 Å². The van der Waals surface area contributed by atoms with Crippen molar-refractivity contribution in [3.63, 3.8) is 0 Å². The Morgan fingerprint density at radius 3 is 2.36 bits per heavy atom. The van der Waals surface area contributed by atoms with Gasteiger partial charge in [0, 0.05) is 25.7 Å². The maximum Gasteiger partial charge on any atom is 0.410 e. The Balaban J connectivity index is 1.75. The van der Waals surface area contributed by atoms with Crippen LogP contribution in [-0.4, -0.2) is 73.1 Å². The number of nitrogens with zero attached hydrogens (tertiary/aromatic N) is 2. The van der Waals surface area contributed by atoms with Crippen molar-refractivity contribution in [3.05, 3.63) is 0 Å². The standard InChI is InChI=1S/C15H26N2O4S/c1-15(2,3)21-14(18)17-7-6-16(8-11-4-5-11)12-9-22(19,20)10-13(12)17/h11-13H,4-10H2,1-3H3/t12-,13-/m1/s1. The van der Waals surface area contributed by atoms with Crippen LogP contribution in [-0.2, 0) is 14.6 Å². The van der Waals surface area contributed by atoms with E-state index in [4.69, 9.17) is 4.74 Å². The first kappa shape index (κ1) is 16.1. The van der Waals surface area contributed by atoms with Crippen LogP contribution in [0.3, 0.4) is 0 Å². The molecule has 1 saturated carbocycles. The first-order valence-electron chi connectivity index (χ1n) is 8.09. The molecule has 0 aromatic rings. The van der Waals surface area contributed by atoms with Gasteiger partial charge in [-0.2, -0.15) is 0 Å². The zero-order chi connectivity index (χ0) is 16.1. The van der Waals surface area contributed by atoms with Gasteiger partial charge in [-0.3, -0.25) is 4.90 Å². The average Bonchev–Trinajstić information content (AvgIpc) is 3.08. The number of amides is 1. The van der Waals surface area contributed by atoms with E-state index < -0.39 is 15.4 Å². The van der Waals surface area contributed by atoms with Crippen molar-refractivity contribution >= 4 is 15.9 Å².